The van der Waals surface area contributed by atoms with Gasteiger partial charge >= 0.3 is 0 Å². The third kappa shape index (κ3) is 2.60. The van der Waals surface area contributed by atoms with Gasteiger partial charge in [-0.25, -0.2) is 8.78 Å². The molecule has 1 saturated carbocycles. The molecule has 2 rings (SSSR count). The Morgan fingerprint density at radius 2 is 1.94 bits per heavy atom. The van der Waals surface area contributed by atoms with Crippen LogP contribution >= 0.6 is 0 Å². The first kappa shape index (κ1) is 11.6. The Hall–Kier alpha value is -0.920. The van der Waals surface area contributed by atoms with Crippen LogP contribution in [-0.4, -0.2) is 5.92 Å². The van der Waals surface area contributed by atoms with Crippen molar-refractivity contribution < 1.29 is 8.78 Å². The molecule has 1 unspecified atom stereocenters. The summed E-state index contributed by atoms with van der Waals surface area (Å²) in [7, 11) is 0. The third-order valence-corrected chi connectivity index (χ3v) is 3.50. The Bertz CT molecular complexity index is 340. The Morgan fingerprint density at radius 1 is 1.25 bits per heavy atom. The highest BCUT2D eigenvalue weighted by Gasteiger charge is 2.36. The summed E-state index contributed by atoms with van der Waals surface area (Å²) in [5.74, 6) is -2.40. The highest BCUT2D eigenvalue weighted by Crippen LogP contribution is 2.41. The van der Waals surface area contributed by atoms with Gasteiger partial charge in [-0.1, -0.05) is 31.2 Å². The summed E-state index contributed by atoms with van der Waals surface area (Å²) in [5.41, 5.74) is 2.35. The molecular formula is C14H18F2. The van der Waals surface area contributed by atoms with E-state index in [1.54, 1.807) is 0 Å². The van der Waals surface area contributed by atoms with E-state index in [9.17, 15) is 8.78 Å². The van der Waals surface area contributed by atoms with E-state index in [4.69, 9.17) is 0 Å². The third-order valence-electron chi connectivity index (χ3n) is 3.50. The molecule has 1 aromatic rings. The molecule has 16 heavy (non-hydrogen) atoms. The molecule has 1 fully saturated rings. The fraction of sp³-hybridized carbons (Fsp3) is 0.571. The summed E-state index contributed by atoms with van der Waals surface area (Å²) in [6.45, 7) is 2.10. The normalized spacial score (nSPS) is 24.3. The van der Waals surface area contributed by atoms with E-state index in [0.29, 0.717) is 6.42 Å². The Kier molecular flexibility index (Phi) is 3.27. The Labute approximate surface area is 95.7 Å². The second kappa shape index (κ2) is 4.52. The smallest absolute Gasteiger partial charge is 0.207 e. The Morgan fingerprint density at radius 3 is 2.50 bits per heavy atom. The van der Waals surface area contributed by atoms with Gasteiger partial charge in [0, 0.05) is 12.8 Å². The molecule has 0 aromatic heterocycles. The van der Waals surface area contributed by atoms with Gasteiger partial charge < -0.3 is 0 Å². The number of rotatable bonds is 2. The fourth-order valence-electron chi connectivity index (χ4n) is 2.48. The van der Waals surface area contributed by atoms with Crippen LogP contribution in [0.5, 0.6) is 0 Å². The predicted molar refractivity (Wildman–Crippen MR) is 62.0 cm³/mol. The summed E-state index contributed by atoms with van der Waals surface area (Å²) in [4.78, 5) is 0. The van der Waals surface area contributed by atoms with Crippen molar-refractivity contribution in [3.63, 3.8) is 0 Å². The summed E-state index contributed by atoms with van der Waals surface area (Å²) < 4.78 is 26.6. The minimum Gasteiger partial charge on any atom is -0.207 e. The zero-order chi connectivity index (χ0) is 11.6. The van der Waals surface area contributed by atoms with Gasteiger partial charge in [0.15, 0.2) is 0 Å². The first-order valence-electron chi connectivity index (χ1n) is 6.07. The van der Waals surface area contributed by atoms with Crippen molar-refractivity contribution in [2.24, 2.45) is 0 Å². The van der Waals surface area contributed by atoms with Crippen molar-refractivity contribution in [3.8, 4) is 0 Å². The molecule has 1 atom stereocenters. The van der Waals surface area contributed by atoms with E-state index in [2.05, 4.69) is 19.1 Å². The van der Waals surface area contributed by atoms with Crippen molar-refractivity contribution in [1.82, 2.24) is 0 Å². The number of benzene rings is 1. The van der Waals surface area contributed by atoms with Gasteiger partial charge in [0.05, 0.1) is 0 Å². The summed E-state index contributed by atoms with van der Waals surface area (Å²) in [6, 6.07) is 8.15. The lowest BCUT2D eigenvalue weighted by Gasteiger charge is -2.29. The molecule has 0 spiro atoms. The van der Waals surface area contributed by atoms with Crippen LogP contribution in [0.4, 0.5) is 8.78 Å². The largest absolute Gasteiger partial charge is 0.248 e. The summed E-state index contributed by atoms with van der Waals surface area (Å²) in [6.07, 6.45) is 2.64. The van der Waals surface area contributed by atoms with Gasteiger partial charge in [-0.3, -0.25) is 0 Å². The SMILES string of the molecule is CCc1ccc(C2CCCC(F)(F)C2)cc1. The zero-order valence-corrected chi connectivity index (χ0v) is 9.68. The van der Waals surface area contributed by atoms with Crippen LogP contribution in [0.15, 0.2) is 24.3 Å². The molecular weight excluding hydrogens is 206 g/mol. The monoisotopic (exact) mass is 224 g/mol. The highest BCUT2D eigenvalue weighted by atomic mass is 19.3. The van der Waals surface area contributed by atoms with Crippen LogP contribution in [0.25, 0.3) is 0 Å². The van der Waals surface area contributed by atoms with Gasteiger partial charge in [-0.15, -0.1) is 0 Å². The molecule has 0 nitrogen and oxygen atoms in total. The number of hydrogen-bond donors (Lipinski definition) is 0. The van der Waals surface area contributed by atoms with Crippen molar-refractivity contribution in [2.45, 2.75) is 50.9 Å². The first-order chi connectivity index (χ1) is 7.61. The topological polar surface area (TPSA) is 0 Å². The van der Waals surface area contributed by atoms with E-state index in [-0.39, 0.29) is 18.8 Å². The standard InChI is InChI=1S/C14H18F2/c1-2-11-5-7-12(8-6-11)13-4-3-9-14(15,16)10-13/h5-8,13H,2-4,9-10H2,1H3. The number of hydrogen-bond acceptors (Lipinski definition) is 0. The lowest BCUT2D eigenvalue weighted by Crippen LogP contribution is -2.24. The Balaban J connectivity index is 2.11. The van der Waals surface area contributed by atoms with Crippen LogP contribution in [0.3, 0.4) is 0 Å². The molecule has 88 valence electrons. The van der Waals surface area contributed by atoms with E-state index in [1.165, 1.54) is 5.56 Å². The molecule has 1 aliphatic rings. The molecule has 0 bridgehead atoms. The fourth-order valence-corrected chi connectivity index (χ4v) is 2.48. The van der Waals surface area contributed by atoms with Crippen molar-refractivity contribution in [3.05, 3.63) is 35.4 Å². The molecule has 0 radical (unpaired) electrons. The van der Waals surface area contributed by atoms with Crippen LogP contribution in [0.2, 0.25) is 0 Å². The molecule has 0 heterocycles. The van der Waals surface area contributed by atoms with Gasteiger partial charge in [0.2, 0.25) is 5.92 Å². The van der Waals surface area contributed by atoms with Gasteiger partial charge in [0.25, 0.3) is 0 Å². The number of aryl methyl sites for hydroxylation is 1. The molecule has 0 saturated heterocycles. The molecule has 1 aliphatic carbocycles. The van der Waals surface area contributed by atoms with Crippen LogP contribution in [0, 0.1) is 0 Å². The average molecular weight is 224 g/mol. The van der Waals surface area contributed by atoms with Gasteiger partial charge in [-0.05, 0) is 36.3 Å². The average Bonchev–Trinajstić information content (AvgIpc) is 2.28. The molecule has 0 amide bonds. The van der Waals surface area contributed by atoms with Crippen LogP contribution in [0.1, 0.15) is 49.7 Å². The molecule has 2 heteroatoms. The van der Waals surface area contributed by atoms with E-state index >= 15 is 0 Å². The van der Waals surface area contributed by atoms with Crippen molar-refractivity contribution in [2.75, 3.05) is 0 Å². The maximum atomic E-state index is 13.3. The van der Waals surface area contributed by atoms with Crippen LogP contribution < -0.4 is 0 Å². The lowest BCUT2D eigenvalue weighted by atomic mass is 9.82. The van der Waals surface area contributed by atoms with Gasteiger partial charge in [0.1, 0.15) is 0 Å². The van der Waals surface area contributed by atoms with Gasteiger partial charge in [-0.2, -0.15) is 0 Å². The highest BCUT2D eigenvalue weighted by molar-refractivity contribution is 5.26. The van der Waals surface area contributed by atoms with Crippen LogP contribution in [-0.2, 0) is 6.42 Å². The number of halogens is 2. The maximum Gasteiger partial charge on any atom is 0.248 e. The molecule has 0 aliphatic heterocycles. The van der Waals surface area contributed by atoms with E-state index in [1.807, 2.05) is 12.1 Å². The lowest BCUT2D eigenvalue weighted by molar-refractivity contribution is -0.0408. The first-order valence-corrected chi connectivity index (χ1v) is 6.07. The summed E-state index contributed by atoms with van der Waals surface area (Å²) in [5, 5.41) is 0. The molecule has 1 aromatic carbocycles. The minimum atomic E-state index is -2.45. The predicted octanol–water partition coefficient (Wildman–Crippen LogP) is 4.54. The number of alkyl halides is 2. The van der Waals surface area contributed by atoms with E-state index in [0.717, 1.165) is 18.4 Å². The second-order valence-corrected chi connectivity index (χ2v) is 4.74. The molecule has 0 N–H and O–H groups in total. The summed E-state index contributed by atoms with van der Waals surface area (Å²) >= 11 is 0. The van der Waals surface area contributed by atoms with Crippen molar-refractivity contribution in [1.29, 1.82) is 0 Å². The van der Waals surface area contributed by atoms with E-state index < -0.39 is 5.92 Å². The second-order valence-electron chi connectivity index (χ2n) is 4.74. The quantitative estimate of drug-likeness (QED) is 0.691. The zero-order valence-electron chi connectivity index (χ0n) is 9.68. The minimum absolute atomic E-state index is 0.0263. The maximum absolute atomic E-state index is 13.3. The van der Waals surface area contributed by atoms with Crippen molar-refractivity contribution >= 4 is 0 Å².